The molecule has 1 atom stereocenters. The largest absolute Gasteiger partial charge is 0.458 e. The molecular weight excluding hydrogens is 276 g/mol. The minimum absolute atomic E-state index is 1.32. The number of halogens is 2. The highest BCUT2D eigenvalue weighted by Crippen LogP contribution is 2.47. The summed E-state index contributed by atoms with van der Waals surface area (Å²) in [5, 5.41) is 0. The van der Waals surface area contributed by atoms with E-state index in [1.54, 1.807) is 0 Å². The van der Waals surface area contributed by atoms with Gasteiger partial charge in [0.15, 0.2) is 0 Å². The second kappa shape index (κ2) is 13.8. The molecule has 112 valence electrons. The van der Waals surface area contributed by atoms with Crippen LogP contribution in [0.2, 0.25) is 0 Å². The van der Waals surface area contributed by atoms with Crippen molar-refractivity contribution in [3.05, 3.63) is 0 Å². The highest BCUT2D eigenvalue weighted by atomic mass is 35.7. The molecule has 0 aliphatic rings. The van der Waals surface area contributed by atoms with E-state index in [1.807, 2.05) is 0 Å². The lowest BCUT2D eigenvalue weighted by Crippen LogP contribution is -2.27. The van der Waals surface area contributed by atoms with E-state index in [1.165, 1.54) is 58.2 Å². The zero-order valence-corrected chi connectivity index (χ0v) is 13.5. The molecule has 0 fully saturated rings. The fraction of sp³-hybridized carbons (Fsp3) is 1.00. The van der Waals surface area contributed by atoms with Crippen LogP contribution in [0.25, 0.3) is 0 Å². The van der Waals surface area contributed by atoms with Gasteiger partial charge in [0.25, 0.3) is 0 Å². The Morgan fingerprint density at radius 3 is 1.39 bits per heavy atom. The van der Waals surface area contributed by atoms with Crippen molar-refractivity contribution in [2.24, 2.45) is 0 Å². The van der Waals surface area contributed by atoms with E-state index in [4.69, 9.17) is 9.46 Å². The molecule has 0 bridgehead atoms. The summed E-state index contributed by atoms with van der Waals surface area (Å²) in [4.78, 5) is 9.81. The van der Waals surface area contributed by atoms with E-state index in [9.17, 15) is 4.20 Å². The molecule has 0 saturated carbocycles. The van der Waals surface area contributed by atoms with Crippen molar-refractivity contribution in [2.45, 2.75) is 59.3 Å². The van der Waals surface area contributed by atoms with Gasteiger partial charge < -0.3 is 9.79 Å². The summed E-state index contributed by atoms with van der Waals surface area (Å²) in [7, 11) is -4.67. The first kappa shape index (κ1) is 20.7. The van der Waals surface area contributed by atoms with Crippen molar-refractivity contribution in [3.8, 4) is 0 Å². The van der Waals surface area contributed by atoms with Crippen LogP contribution in [0.15, 0.2) is 0 Å². The molecule has 3 nitrogen and oxygen atoms in total. The molecule has 0 aliphatic carbocycles. The smallest absolute Gasteiger partial charge is 0.309 e. The Morgan fingerprint density at radius 2 is 1.22 bits per heavy atom. The Morgan fingerprint density at radius 1 is 1.00 bits per heavy atom. The molecule has 18 heavy (non-hydrogen) atoms. The summed E-state index contributed by atoms with van der Waals surface area (Å²) in [6, 6.07) is 0. The van der Waals surface area contributed by atoms with Crippen LogP contribution in [-0.4, -0.2) is 29.4 Å². The Bertz CT molecular complexity index is 187. The summed E-state index contributed by atoms with van der Waals surface area (Å²) in [6.45, 7) is 10.8. The van der Waals surface area contributed by atoms with Crippen molar-refractivity contribution in [1.29, 1.82) is 0 Å². The quantitative estimate of drug-likeness (QED) is 0.610. The highest BCUT2D eigenvalue weighted by Gasteiger charge is 2.05. The van der Waals surface area contributed by atoms with Crippen molar-refractivity contribution < 1.29 is 13.7 Å². The van der Waals surface area contributed by atoms with Gasteiger partial charge in [0, 0.05) is 11.2 Å². The number of nitrogens with zero attached hydrogens (tertiary/aromatic N) is 1. The summed E-state index contributed by atoms with van der Waals surface area (Å²) in [6.07, 6.45) is 8.09. The molecule has 1 N–H and O–H groups in total. The predicted molar refractivity (Wildman–Crippen MR) is 78.0 cm³/mol. The average Bonchev–Trinajstić information content (AvgIpc) is 2.26. The maximum absolute atomic E-state index is 10.6. The molecule has 1 unspecified atom stereocenters. The minimum Gasteiger partial charge on any atom is -0.309 e. The zero-order chi connectivity index (χ0) is 14.4. The van der Waals surface area contributed by atoms with E-state index < -0.39 is 7.03 Å². The van der Waals surface area contributed by atoms with Gasteiger partial charge in [-0.3, -0.25) is 0 Å². The number of hydrogen-bond donors (Lipinski definition) is 1. The van der Waals surface area contributed by atoms with Gasteiger partial charge in [0.05, 0.1) is 0 Å². The topological polar surface area (TPSA) is 40.5 Å². The number of hydrogen-bond acceptors (Lipinski definition) is 2. The Hall–Kier alpha value is 0.370. The van der Waals surface area contributed by atoms with Crippen LogP contribution in [0.1, 0.15) is 59.3 Å². The van der Waals surface area contributed by atoms with E-state index in [2.05, 4.69) is 36.9 Å². The lowest BCUT2D eigenvalue weighted by atomic mass is 10.2. The van der Waals surface area contributed by atoms with Gasteiger partial charge in [-0.15, -0.1) is 4.20 Å². The SMILES string of the molecule is CCCCN(CCCC)CCCC.O=P(O)(F)Cl. The van der Waals surface area contributed by atoms with Crippen LogP contribution in [0, 0.1) is 0 Å². The van der Waals surface area contributed by atoms with Crippen LogP contribution >= 0.6 is 18.3 Å². The molecule has 0 spiro atoms. The maximum atomic E-state index is 10.6. The van der Waals surface area contributed by atoms with Crippen molar-refractivity contribution in [3.63, 3.8) is 0 Å². The van der Waals surface area contributed by atoms with E-state index in [-0.39, 0.29) is 0 Å². The van der Waals surface area contributed by atoms with Gasteiger partial charge in [-0.05, 0) is 38.9 Å². The van der Waals surface area contributed by atoms with E-state index >= 15 is 0 Å². The lowest BCUT2D eigenvalue weighted by Gasteiger charge is -2.21. The molecule has 0 saturated heterocycles. The third-order valence-corrected chi connectivity index (χ3v) is 2.48. The van der Waals surface area contributed by atoms with Crippen LogP contribution in [0.5, 0.6) is 0 Å². The van der Waals surface area contributed by atoms with Crippen LogP contribution in [-0.2, 0) is 4.57 Å². The summed E-state index contributed by atoms with van der Waals surface area (Å²) < 4.78 is 19.4. The molecular formula is C12H28ClFNO2P. The molecule has 0 aromatic heterocycles. The first-order valence-corrected chi connectivity index (χ1v) is 9.25. The monoisotopic (exact) mass is 303 g/mol. The molecule has 0 heterocycles. The van der Waals surface area contributed by atoms with Gasteiger partial charge in [-0.1, -0.05) is 40.0 Å². The second-order valence-corrected chi connectivity index (χ2v) is 6.46. The van der Waals surface area contributed by atoms with Gasteiger partial charge in [0.2, 0.25) is 0 Å². The highest BCUT2D eigenvalue weighted by molar-refractivity contribution is 7.80. The molecule has 0 aromatic rings. The Labute approximate surface area is 116 Å². The van der Waals surface area contributed by atoms with Crippen molar-refractivity contribution in [2.75, 3.05) is 19.6 Å². The van der Waals surface area contributed by atoms with Crippen molar-refractivity contribution in [1.82, 2.24) is 4.90 Å². The zero-order valence-electron chi connectivity index (χ0n) is 11.9. The lowest BCUT2D eigenvalue weighted by molar-refractivity contribution is 0.261. The first-order valence-electron chi connectivity index (χ1n) is 6.79. The molecule has 6 heteroatoms. The third kappa shape index (κ3) is 25.3. The van der Waals surface area contributed by atoms with Crippen LogP contribution < -0.4 is 0 Å². The van der Waals surface area contributed by atoms with Crippen LogP contribution in [0.4, 0.5) is 4.20 Å². The normalized spacial score (nSPS) is 13.9. The summed E-state index contributed by atoms with van der Waals surface area (Å²) >= 11 is 3.97. The molecule has 0 rings (SSSR count). The fourth-order valence-corrected chi connectivity index (χ4v) is 1.48. The average molecular weight is 304 g/mol. The second-order valence-electron chi connectivity index (χ2n) is 4.34. The first-order chi connectivity index (χ1) is 8.35. The van der Waals surface area contributed by atoms with E-state index in [0.29, 0.717) is 0 Å². The summed E-state index contributed by atoms with van der Waals surface area (Å²) in [5.41, 5.74) is 0. The molecule has 0 radical (unpaired) electrons. The molecule has 0 aromatic carbocycles. The van der Waals surface area contributed by atoms with E-state index in [0.717, 1.165) is 0 Å². The number of unbranched alkanes of at least 4 members (excludes halogenated alkanes) is 3. The molecule has 0 amide bonds. The third-order valence-electron chi connectivity index (χ3n) is 2.48. The fourth-order valence-electron chi connectivity index (χ4n) is 1.48. The van der Waals surface area contributed by atoms with Gasteiger partial charge in [-0.2, -0.15) is 0 Å². The van der Waals surface area contributed by atoms with Crippen molar-refractivity contribution >= 4 is 18.3 Å². The van der Waals surface area contributed by atoms with Crippen LogP contribution in [0.3, 0.4) is 0 Å². The Balaban J connectivity index is 0. The molecule has 0 aliphatic heterocycles. The number of rotatable bonds is 9. The minimum atomic E-state index is -4.67. The standard InChI is InChI=1S/C12H27N.ClFHO2P/c1-4-7-10-13(11-8-5-2)12-9-6-3;1-5(2,3)4/h4-12H2,1-3H3;(H,3,4). The van der Waals surface area contributed by atoms with Gasteiger partial charge in [-0.25, -0.2) is 4.57 Å². The van der Waals surface area contributed by atoms with Gasteiger partial charge >= 0.3 is 7.03 Å². The Kier molecular flexibility index (Phi) is 15.8. The van der Waals surface area contributed by atoms with Gasteiger partial charge in [0.1, 0.15) is 0 Å². The maximum Gasteiger partial charge on any atom is 0.458 e. The predicted octanol–water partition coefficient (Wildman–Crippen LogP) is 4.98. The summed E-state index contributed by atoms with van der Waals surface area (Å²) in [5.74, 6) is 0.